The van der Waals surface area contributed by atoms with Crippen molar-refractivity contribution in [1.82, 2.24) is 4.98 Å². The van der Waals surface area contributed by atoms with E-state index >= 15 is 0 Å². The summed E-state index contributed by atoms with van der Waals surface area (Å²) in [5.74, 6) is -2.77. The minimum Gasteiger partial charge on any atom is -0.321 e. The molecule has 3 aromatic rings. The maximum Gasteiger partial charge on any atom is 0.274 e. The number of hydrogen-bond acceptors (Lipinski definition) is 3. The number of amides is 2. The first-order valence-corrected chi connectivity index (χ1v) is 8.99. The van der Waals surface area contributed by atoms with Gasteiger partial charge in [-0.1, -0.05) is 38.1 Å². The second kappa shape index (κ2) is 8.60. The average Bonchev–Trinajstić information content (AvgIpc) is 2.71. The van der Waals surface area contributed by atoms with Crippen molar-refractivity contribution in [3.05, 3.63) is 89.2 Å². The average molecular weight is 395 g/mol. The topological polar surface area (TPSA) is 71.1 Å². The highest BCUT2D eigenvalue weighted by molar-refractivity contribution is 6.06. The Hall–Kier alpha value is -3.61. The van der Waals surface area contributed by atoms with E-state index in [1.165, 1.54) is 24.3 Å². The molecular weight excluding hydrogens is 376 g/mol. The quantitative estimate of drug-likeness (QED) is 0.640. The van der Waals surface area contributed by atoms with Gasteiger partial charge in [-0.25, -0.2) is 13.8 Å². The first-order chi connectivity index (χ1) is 13.8. The van der Waals surface area contributed by atoms with Gasteiger partial charge >= 0.3 is 0 Å². The molecule has 0 radical (unpaired) electrons. The SMILES string of the molecule is CC(C)c1ccc(NC(=O)c2cccc(C(=O)Nc3c(F)cccc3F)n2)cc1. The van der Waals surface area contributed by atoms with E-state index in [-0.39, 0.29) is 11.4 Å². The van der Waals surface area contributed by atoms with Crippen molar-refractivity contribution in [3.63, 3.8) is 0 Å². The first kappa shape index (κ1) is 20.1. The van der Waals surface area contributed by atoms with Crippen molar-refractivity contribution in [1.29, 1.82) is 0 Å². The molecule has 0 fully saturated rings. The summed E-state index contributed by atoms with van der Waals surface area (Å²) in [5, 5.41) is 4.85. The second-order valence-corrected chi connectivity index (χ2v) is 6.69. The van der Waals surface area contributed by atoms with E-state index in [1.807, 2.05) is 12.1 Å². The van der Waals surface area contributed by atoms with Crippen LogP contribution in [-0.4, -0.2) is 16.8 Å². The number of hydrogen-bond donors (Lipinski definition) is 2. The first-order valence-electron chi connectivity index (χ1n) is 8.99. The van der Waals surface area contributed by atoms with Gasteiger partial charge in [0.15, 0.2) is 0 Å². The Morgan fingerprint density at radius 3 is 1.86 bits per heavy atom. The number of benzene rings is 2. The maximum absolute atomic E-state index is 13.7. The van der Waals surface area contributed by atoms with Crippen LogP contribution in [0.15, 0.2) is 60.7 Å². The van der Waals surface area contributed by atoms with Gasteiger partial charge in [0.2, 0.25) is 0 Å². The molecule has 1 aromatic heterocycles. The molecule has 0 bridgehead atoms. The van der Waals surface area contributed by atoms with Crippen molar-refractivity contribution in [2.45, 2.75) is 19.8 Å². The van der Waals surface area contributed by atoms with Crippen LogP contribution in [0.1, 0.15) is 46.3 Å². The van der Waals surface area contributed by atoms with Gasteiger partial charge in [-0.2, -0.15) is 0 Å². The molecule has 0 saturated carbocycles. The van der Waals surface area contributed by atoms with Crippen LogP contribution < -0.4 is 10.6 Å². The van der Waals surface area contributed by atoms with E-state index in [4.69, 9.17) is 0 Å². The zero-order valence-electron chi connectivity index (χ0n) is 15.9. The summed E-state index contributed by atoms with van der Waals surface area (Å²) in [4.78, 5) is 28.8. The van der Waals surface area contributed by atoms with Gasteiger partial charge in [-0.15, -0.1) is 0 Å². The molecule has 2 amide bonds. The summed E-state index contributed by atoms with van der Waals surface area (Å²) >= 11 is 0. The number of aromatic nitrogens is 1. The third-order valence-corrected chi connectivity index (χ3v) is 4.25. The van der Waals surface area contributed by atoms with Gasteiger partial charge in [0.1, 0.15) is 28.7 Å². The fourth-order valence-electron chi connectivity index (χ4n) is 2.63. The van der Waals surface area contributed by atoms with Crippen molar-refractivity contribution in [2.75, 3.05) is 10.6 Å². The molecule has 0 atom stereocenters. The maximum atomic E-state index is 13.7. The lowest BCUT2D eigenvalue weighted by Gasteiger charge is -2.09. The number of carbonyl (C=O) groups is 2. The Labute approximate surface area is 166 Å². The Balaban J connectivity index is 1.74. The van der Waals surface area contributed by atoms with E-state index in [1.54, 1.807) is 12.1 Å². The van der Waals surface area contributed by atoms with Crippen LogP contribution >= 0.6 is 0 Å². The van der Waals surface area contributed by atoms with Crippen LogP contribution in [-0.2, 0) is 0 Å². The van der Waals surface area contributed by atoms with Crippen LogP contribution in [0.3, 0.4) is 0 Å². The molecule has 0 saturated heterocycles. The molecule has 29 heavy (non-hydrogen) atoms. The fourth-order valence-corrected chi connectivity index (χ4v) is 2.63. The van der Waals surface area contributed by atoms with Crippen molar-refractivity contribution in [2.24, 2.45) is 0 Å². The number of nitrogens with one attached hydrogen (secondary N) is 2. The van der Waals surface area contributed by atoms with E-state index < -0.39 is 29.1 Å². The van der Waals surface area contributed by atoms with Gasteiger partial charge in [0.05, 0.1) is 0 Å². The molecule has 0 aliphatic rings. The normalized spacial score (nSPS) is 10.7. The third kappa shape index (κ3) is 4.82. The molecule has 0 unspecified atom stereocenters. The number of halogens is 2. The van der Waals surface area contributed by atoms with Crippen molar-refractivity contribution >= 4 is 23.2 Å². The Bertz CT molecular complexity index is 1030. The van der Waals surface area contributed by atoms with E-state index in [2.05, 4.69) is 29.5 Å². The Morgan fingerprint density at radius 1 is 0.793 bits per heavy atom. The molecule has 2 N–H and O–H groups in total. The highest BCUT2D eigenvalue weighted by Crippen LogP contribution is 2.19. The minimum absolute atomic E-state index is 0.000378. The number of pyridine rings is 1. The van der Waals surface area contributed by atoms with Gasteiger partial charge in [0, 0.05) is 5.69 Å². The number of para-hydroxylation sites is 1. The van der Waals surface area contributed by atoms with Gasteiger partial charge in [0.25, 0.3) is 11.8 Å². The zero-order chi connectivity index (χ0) is 21.0. The van der Waals surface area contributed by atoms with Crippen LogP contribution in [0.2, 0.25) is 0 Å². The number of nitrogens with zero attached hydrogens (tertiary/aromatic N) is 1. The molecule has 0 spiro atoms. The highest BCUT2D eigenvalue weighted by atomic mass is 19.1. The second-order valence-electron chi connectivity index (χ2n) is 6.69. The summed E-state index contributed by atoms with van der Waals surface area (Å²) in [6.07, 6.45) is 0. The fraction of sp³-hybridized carbons (Fsp3) is 0.136. The molecule has 7 heteroatoms. The van der Waals surface area contributed by atoms with Crippen LogP contribution in [0.4, 0.5) is 20.2 Å². The van der Waals surface area contributed by atoms with Crippen LogP contribution in [0.5, 0.6) is 0 Å². The molecular formula is C22H19F2N3O2. The summed E-state index contributed by atoms with van der Waals surface area (Å²) in [5.41, 5.74) is 1.01. The van der Waals surface area contributed by atoms with E-state index in [9.17, 15) is 18.4 Å². The van der Waals surface area contributed by atoms with E-state index in [0.717, 1.165) is 17.7 Å². The predicted octanol–water partition coefficient (Wildman–Crippen LogP) is 4.99. The molecule has 0 aliphatic carbocycles. The largest absolute Gasteiger partial charge is 0.321 e. The number of anilines is 2. The van der Waals surface area contributed by atoms with Crippen LogP contribution in [0, 0.1) is 11.6 Å². The summed E-state index contributed by atoms with van der Waals surface area (Å²) in [6.45, 7) is 4.14. The molecule has 3 rings (SSSR count). The Morgan fingerprint density at radius 2 is 1.31 bits per heavy atom. The lowest BCUT2D eigenvalue weighted by atomic mass is 10.0. The number of carbonyl (C=O) groups excluding carboxylic acids is 2. The van der Waals surface area contributed by atoms with Crippen molar-refractivity contribution < 1.29 is 18.4 Å². The summed E-state index contributed by atoms with van der Waals surface area (Å²) in [6, 6.07) is 14.9. The monoisotopic (exact) mass is 395 g/mol. The van der Waals surface area contributed by atoms with E-state index in [0.29, 0.717) is 11.6 Å². The Kier molecular flexibility index (Phi) is 5.97. The highest BCUT2D eigenvalue weighted by Gasteiger charge is 2.16. The lowest BCUT2D eigenvalue weighted by Crippen LogP contribution is -2.19. The lowest BCUT2D eigenvalue weighted by molar-refractivity contribution is 0.101. The molecule has 5 nitrogen and oxygen atoms in total. The van der Waals surface area contributed by atoms with Crippen molar-refractivity contribution in [3.8, 4) is 0 Å². The number of rotatable bonds is 5. The zero-order valence-corrected chi connectivity index (χ0v) is 15.9. The molecule has 148 valence electrons. The summed E-state index contributed by atoms with van der Waals surface area (Å²) in [7, 11) is 0. The van der Waals surface area contributed by atoms with Crippen LogP contribution in [0.25, 0.3) is 0 Å². The summed E-state index contributed by atoms with van der Waals surface area (Å²) < 4.78 is 27.4. The molecule has 1 heterocycles. The minimum atomic E-state index is -0.905. The van der Waals surface area contributed by atoms with Gasteiger partial charge in [-0.05, 0) is 47.9 Å². The predicted molar refractivity (Wildman–Crippen MR) is 107 cm³/mol. The van der Waals surface area contributed by atoms with Gasteiger partial charge < -0.3 is 10.6 Å². The standard InChI is InChI=1S/C22H19F2N3O2/c1-13(2)14-9-11-15(12-10-14)25-21(28)18-7-4-8-19(26-18)22(29)27-20-16(23)5-3-6-17(20)24/h3-13H,1-2H3,(H,25,28)(H,27,29). The smallest absolute Gasteiger partial charge is 0.274 e. The molecule has 2 aromatic carbocycles. The van der Waals surface area contributed by atoms with Gasteiger partial charge in [-0.3, -0.25) is 9.59 Å². The third-order valence-electron chi connectivity index (χ3n) is 4.25. The molecule has 0 aliphatic heterocycles.